The molecule has 0 saturated heterocycles. The van der Waals surface area contributed by atoms with Crippen molar-refractivity contribution in [3.63, 3.8) is 0 Å². The van der Waals surface area contributed by atoms with Gasteiger partial charge in [0.1, 0.15) is 12.5 Å². The van der Waals surface area contributed by atoms with Crippen molar-refractivity contribution in [3.8, 4) is 0 Å². The Morgan fingerprint density at radius 1 is 1.03 bits per heavy atom. The highest BCUT2D eigenvalue weighted by atomic mass is 79.9. The maximum absolute atomic E-state index is 13.6. The van der Waals surface area contributed by atoms with Crippen molar-refractivity contribution < 1.29 is 9.13 Å². The smallest absolute Gasteiger partial charge is 0.278 e. The van der Waals surface area contributed by atoms with Crippen LogP contribution >= 0.6 is 15.9 Å². The summed E-state index contributed by atoms with van der Waals surface area (Å²) >= 11 is 3.21. The third-order valence-corrected chi connectivity index (χ3v) is 5.08. The first kappa shape index (κ1) is 19.4. The fourth-order valence-electron chi connectivity index (χ4n) is 3.06. The Bertz CT molecular complexity index is 1210. The van der Waals surface area contributed by atoms with Gasteiger partial charge >= 0.3 is 0 Å². The number of aromatic nitrogens is 3. The standard InChI is InChI=1S/C22H17BrFN3O2/c23-18-11-16(8-9-19(18)24)12-20-21-17(7-4-10-25-21)22(28)27(26-20)14-29-13-15-5-2-1-3-6-15/h1-11H,12-14H2. The van der Waals surface area contributed by atoms with Gasteiger partial charge in [-0.05, 0) is 51.3 Å². The van der Waals surface area contributed by atoms with Gasteiger partial charge in [-0.3, -0.25) is 9.78 Å². The normalized spacial score (nSPS) is 11.1. The van der Waals surface area contributed by atoms with Gasteiger partial charge in [-0.15, -0.1) is 0 Å². The minimum atomic E-state index is -0.330. The number of hydrogen-bond acceptors (Lipinski definition) is 4. The molecule has 0 N–H and O–H groups in total. The monoisotopic (exact) mass is 453 g/mol. The summed E-state index contributed by atoms with van der Waals surface area (Å²) in [5.74, 6) is -0.330. The second-order valence-electron chi connectivity index (χ2n) is 6.54. The molecule has 0 aliphatic carbocycles. The summed E-state index contributed by atoms with van der Waals surface area (Å²) in [6.07, 6.45) is 2.04. The Balaban J connectivity index is 1.65. The van der Waals surface area contributed by atoms with E-state index in [4.69, 9.17) is 4.74 Å². The van der Waals surface area contributed by atoms with Crippen molar-refractivity contribution in [1.29, 1.82) is 0 Å². The summed E-state index contributed by atoms with van der Waals surface area (Å²) in [5.41, 5.74) is 2.77. The summed E-state index contributed by atoms with van der Waals surface area (Å²) in [6.45, 7) is 0.402. The van der Waals surface area contributed by atoms with Gasteiger partial charge in [-0.25, -0.2) is 9.07 Å². The third-order valence-electron chi connectivity index (χ3n) is 4.47. The lowest BCUT2D eigenvalue weighted by atomic mass is 10.1. The molecule has 2 aromatic heterocycles. The Labute approximate surface area is 174 Å². The molecular weight excluding hydrogens is 437 g/mol. The lowest BCUT2D eigenvalue weighted by Gasteiger charge is -2.11. The van der Waals surface area contributed by atoms with E-state index < -0.39 is 0 Å². The Hall–Kier alpha value is -2.90. The first-order valence-corrected chi connectivity index (χ1v) is 9.81. The number of ether oxygens (including phenoxy) is 1. The summed E-state index contributed by atoms with van der Waals surface area (Å²) in [5, 5.41) is 4.96. The molecule has 0 unspecified atom stereocenters. The first-order chi connectivity index (χ1) is 14.1. The van der Waals surface area contributed by atoms with Crippen LogP contribution < -0.4 is 5.56 Å². The maximum Gasteiger partial charge on any atom is 0.278 e. The van der Waals surface area contributed by atoms with E-state index in [0.29, 0.717) is 34.1 Å². The zero-order valence-electron chi connectivity index (χ0n) is 15.4. The molecule has 0 fully saturated rings. The number of pyridine rings is 1. The molecule has 0 aliphatic rings. The van der Waals surface area contributed by atoms with Crippen LogP contribution in [-0.4, -0.2) is 14.8 Å². The van der Waals surface area contributed by atoms with Crippen molar-refractivity contribution in [2.75, 3.05) is 0 Å². The quantitative estimate of drug-likeness (QED) is 0.432. The topological polar surface area (TPSA) is 57.0 Å². The SMILES string of the molecule is O=c1c2cccnc2c(Cc2ccc(F)c(Br)c2)nn1COCc1ccccc1. The van der Waals surface area contributed by atoms with Crippen LogP contribution in [0.5, 0.6) is 0 Å². The molecule has 2 heterocycles. The van der Waals surface area contributed by atoms with Crippen LogP contribution in [0.15, 0.2) is 76.1 Å². The first-order valence-electron chi connectivity index (χ1n) is 9.02. The van der Waals surface area contributed by atoms with Gasteiger partial charge < -0.3 is 4.74 Å². The maximum atomic E-state index is 13.6. The van der Waals surface area contributed by atoms with Gasteiger partial charge in [-0.2, -0.15) is 5.10 Å². The van der Waals surface area contributed by atoms with E-state index in [1.807, 2.05) is 30.3 Å². The molecule has 7 heteroatoms. The predicted octanol–water partition coefficient (Wildman–Crippen LogP) is 4.46. The Morgan fingerprint density at radius 2 is 1.86 bits per heavy atom. The van der Waals surface area contributed by atoms with E-state index in [2.05, 4.69) is 26.0 Å². The van der Waals surface area contributed by atoms with Crippen LogP contribution in [0.25, 0.3) is 10.9 Å². The van der Waals surface area contributed by atoms with Gasteiger partial charge in [0.15, 0.2) is 0 Å². The second kappa shape index (κ2) is 8.63. The molecular formula is C22H17BrFN3O2. The molecule has 4 rings (SSSR count). The molecule has 2 aromatic carbocycles. The number of halogens is 2. The predicted molar refractivity (Wildman–Crippen MR) is 112 cm³/mol. The summed E-state index contributed by atoms with van der Waals surface area (Å²) in [4.78, 5) is 17.1. The fourth-order valence-corrected chi connectivity index (χ4v) is 3.49. The van der Waals surface area contributed by atoms with Gasteiger partial charge in [-0.1, -0.05) is 36.4 Å². The molecule has 0 atom stereocenters. The van der Waals surface area contributed by atoms with Gasteiger partial charge in [0.05, 0.1) is 27.7 Å². The van der Waals surface area contributed by atoms with Crippen molar-refractivity contribution in [3.05, 3.63) is 104 Å². The van der Waals surface area contributed by atoms with Gasteiger partial charge in [0.25, 0.3) is 5.56 Å². The van der Waals surface area contributed by atoms with E-state index >= 15 is 0 Å². The minimum Gasteiger partial charge on any atom is -0.354 e. The van der Waals surface area contributed by atoms with Crippen molar-refractivity contribution in [2.45, 2.75) is 19.8 Å². The van der Waals surface area contributed by atoms with Crippen LogP contribution in [0, 0.1) is 5.82 Å². The molecule has 4 aromatic rings. The number of nitrogens with zero attached hydrogens (tertiary/aromatic N) is 3. The highest BCUT2D eigenvalue weighted by Crippen LogP contribution is 2.20. The van der Waals surface area contributed by atoms with Gasteiger partial charge in [0.2, 0.25) is 0 Å². The highest BCUT2D eigenvalue weighted by Gasteiger charge is 2.13. The van der Waals surface area contributed by atoms with Crippen molar-refractivity contribution >= 4 is 26.8 Å². The molecule has 0 saturated carbocycles. The Kier molecular flexibility index (Phi) is 5.78. The van der Waals surface area contributed by atoms with Crippen LogP contribution in [0.1, 0.15) is 16.8 Å². The van der Waals surface area contributed by atoms with Crippen LogP contribution in [0.2, 0.25) is 0 Å². The minimum absolute atomic E-state index is 0.0265. The molecule has 0 amide bonds. The van der Waals surface area contributed by atoms with Crippen LogP contribution in [-0.2, 0) is 24.5 Å². The number of hydrogen-bond donors (Lipinski definition) is 0. The van der Waals surface area contributed by atoms with Crippen LogP contribution in [0.3, 0.4) is 0 Å². The number of benzene rings is 2. The zero-order chi connectivity index (χ0) is 20.2. The summed E-state index contributed by atoms with van der Waals surface area (Å²) < 4.78 is 20.9. The largest absolute Gasteiger partial charge is 0.354 e. The second-order valence-corrected chi connectivity index (χ2v) is 7.39. The highest BCUT2D eigenvalue weighted by molar-refractivity contribution is 9.10. The van der Waals surface area contributed by atoms with E-state index in [0.717, 1.165) is 11.1 Å². The van der Waals surface area contributed by atoms with Gasteiger partial charge in [0, 0.05) is 12.6 Å². The van der Waals surface area contributed by atoms with Crippen molar-refractivity contribution in [2.24, 2.45) is 0 Å². The summed E-state index contributed by atoms with van der Waals surface area (Å²) in [6, 6.07) is 18.0. The number of rotatable bonds is 6. The van der Waals surface area contributed by atoms with E-state index in [1.54, 1.807) is 30.5 Å². The number of fused-ring (bicyclic) bond motifs is 1. The van der Waals surface area contributed by atoms with E-state index in [9.17, 15) is 9.18 Å². The van der Waals surface area contributed by atoms with E-state index in [-0.39, 0.29) is 18.1 Å². The molecule has 0 bridgehead atoms. The molecule has 0 radical (unpaired) electrons. The summed E-state index contributed by atoms with van der Waals surface area (Å²) in [7, 11) is 0. The molecule has 0 spiro atoms. The lowest BCUT2D eigenvalue weighted by molar-refractivity contribution is 0.0529. The molecule has 146 valence electrons. The molecule has 29 heavy (non-hydrogen) atoms. The fraction of sp³-hybridized carbons (Fsp3) is 0.136. The lowest BCUT2D eigenvalue weighted by Crippen LogP contribution is -2.26. The average molecular weight is 454 g/mol. The molecule has 0 aliphatic heterocycles. The van der Waals surface area contributed by atoms with E-state index in [1.165, 1.54) is 10.7 Å². The zero-order valence-corrected chi connectivity index (χ0v) is 17.0. The van der Waals surface area contributed by atoms with Crippen LogP contribution in [0.4, 0.5) is 4.39 Å². The van der Waals surface area contributed by atoms with Crippen molar-refractivity contribution in [1.82, 2.24) is 14.8 Å². The third kappa shape index (κ3) is 4.41. The average Bonchev–Trinajstić information content (AvgIpc) is 2.74. The molecule has 5 nitrogen and oxygen atoms in total. The Morgan fingerprint density at radius 3 is 2.66 bits per heavy atom.